The lowest BCUT2D eigenvalue weighted by Gasteiger charge is -2.23. The Kier molecular flexibility index (Phi) is 7.12. The highest BCUT2D eigenvalue weighted by Crippen LogP contribution is 2.32. The number of nitrogens with one attached hydrogen (secondary N) is 1. The normalized spacial score (nSPS) is 13.1. The van der Waals surface area contributed by atoms with Gasteiger partial charge < -0.3 is 14.8 Å². The first-order chi connectivity index (χ1) is 16.1. The molecule has 1 aromatic heterocycles. The largest absolute Gasteiger partial charge is 0.493 e. The summed E-state index contributed by atoms with van der Waals surface area (Å²) < 4.78 is 12.8. The average Bonchev–Trinajstić information content (AvgIpc) is 3.10. The number of anilines is 2. The van der Waals surface area contributed by atoms with Crippen LogP contribution in [0.25, 0.3) is 0 Å². The molecule has 8 heteroatoms. The maximum Gasteiger partial charge on any atom is 0.326 e. The van der Waals surface area contributed by atoms with Gasteiger partial charge in [0.2, 0.25) is 0 Å². The lowest BCUT2D eigenvalue weighted by atomic mass is 10.1. The number of carbonyl (C=O) groups is 1. The molecular formula is C25H31N5O3. The van der Waals surface area contributed by atoms with Crippen molar-refractivity contribution < 1.29 is 14.3 Å². The second-order valence-electron chi connectivity index (χ2n) is 8.09. The maximum absolute atomic E-state index is 13.4. The van der Waals surface area contributed by atoms with E-state index in [2.05, 4.69) is 12.2 Å². The zero-order valence-electron chi connectivity index (χ0n) is 19.5. The molecule has 0 saturated carbocycles. The molecule has 33 heavy (non-hydrogen) atoms. The predicted molar refractivity (Wildman–Crippen MR) is 128 cm³/mol. The monoisotopic (exact) mass is 449 g/mol. The molecule has 0 atom stereocenters. The zero-order valence-corrected chi connectivity index (χ0v) is 19.5. The van der Waals surface area contributed by atoms with Gasteiger partial charge in [-0.2, -0.15) is 5.10 Å². The molecule has 1 aliphatic heterocycles. The van der Waals surface area contributed by atoms with Crippen LogP contribution in [0.1, 0.15) is 43.4 Å². The third kappa shape index (κ3) is 5.27. The molecule has 4 rings (SSSR count). The van der Waals surface area contributed by atoms with Crippen molar-refractivity contribution in [1.29, 1.82) is 0 Å². The highest BCUT2D eigenvalue weighted by atomic mass is 16.5. The molecule has 0 radical (unpaired) electrons. The number of fused-ring (bicyclic) bond motifs is 1. The number of urea groups is 1. The Morgan fingerprint density at radius 2 is 1.94 bits per heavy atom. The van der Waals surface area contributed by atoms with Crippen LogP contribution < -0.4 is 19.7 Å². The molecule has 0 spiro atoms. The van der Waals surface area contributed by atoms with Crippen LogP contribution in [0.3, 0.4) is 0 Å². The predicted octanol–water partition coefficient (Wildman–Crippen LogP) is 4.82. The maximum atomic E-state index is 13.4. The second-order valence-corrected chi connectivity index (χ2v) is 8.09. The summed E-state index contributed by atoms with van der Waals surface area (Å²) in [6, 6.07) is 13.0. The summed E-state index contributed by atoms with van der Waals surface area (Å²) in [6.07, 6.45) is 5.22. The number of hydrogen-bond donors (Lipinski definition) is 1. The van der Waals surface area contributed by atoms with E-state index in [-0.39, 0.29) is 12.6 Å². The summed E-state index contributed by atoms with van der Waals surface area (Å²) in [7, 11) is 3.17. The quantitative estimate of drug-likeness (QED) is 0.559. The number of carbonyl (C=O) groups excluding carboxylic acids is 1. The van der Waals surface area contributed by atoms with Crippen molar-refractivity contribution >= 4 is 17.4 Å². The van der Waals surface area contributed by atoms with Crippen molar-refractivity contribution in [1.82, 2.24) is 14.8 Å². The SMILES string of the molecule is CCc1cccc(NC(=O)N(Cc2nc3n(n2)CCCCC3)c2ccc(OC)c(OC)c2)c1. The molecule has 2 amide bonds. The van der Waals surface area contributed by atoms with Crippen LogP contribution in [0, 0.1) is 0 Å². The minimum Gasteiger partial charge on any atom is -0.493 e. The van der Waals surface area contributed by atoms with Gasteiger partial charge in [0.25, 0.3) is 0 Å². The number of benzene rings is 2. The minimum atomic E-state index is -0.263. The molecule has 1 N–H and O–H groups in total. The first-order valence-electron chi connectivity index (χ1n) is 11.4. The Labute approximate surface area is 194 Å². The molecule has 2 aromatic carbocycles. The molecule has 3 aromatic rings. The van der Waals surface area contributed by atoms with E-state index < -0.39 is 0 Å². The lowest BCUT2D eigenvalue weighted by Crippen LogP contribution is -2.35. The van der Waals surface area contributed by atoms with Gasteiger partial charge in [-0.1, -0.05) is 25.5 Å². The number of hydrogen-bond acceptors (Lipinski definition) is 5. The molecule has 0 unspecified atom stereocenters. The van der Waals surface area contributed by atoms with Crippen LogP contribution in [0.4, 0.5) is 16.2 Å². The van der Waals surface area contributed by atoms with E-state index in [1.165, 1.54) is 6.42 Å². The Balaban J connectivity index is 1.65. The van der Waals surface area contributed by atoms with E-state index in [9.17, 15) is 4.79 Å². The number of methoxy groups -OCH3 is 2. The number of amides is 2. The van der Waals surface area contributed by atoms with Gasteiger partial charge in [0.1, 0.15) is 5.82 Å². The van der Waals surface area contributed by atoms with Crippen molar-refractivity contribution in [2.75, 3.05) is 24.4 Å². The fraction of sp³-hybridized carbons (Fsp3) is 0.400. The smallest absolute Gasteiger partial charge is 0.326 e. The van der Waals surface area contributed by atoms with E-state index in [4.69, 9.17) is 19.6 Å². The number of aromatic nitrogens is 3. The van der Waals surface area contributed by atoms with Gasteiger partial charge in [-0.15, -0.1) is 0 Å². The van der Waals surface area contributed by atoms with Crippen LogP contribution in [0.15, 0.2) is 42.5 Å². The fourth-order valence-electron chi connectivity index (χ4n) is 4.05. The van der Waals surface area contributed by atoms with Crippen LogP contribution in [-0.2, 0) is 25.9 Å². The summed E-state index contributed by atoms with van der Waals surface area (Å²) in [6.45, 7) is 3.20. The summed E-state index contributed by atoms with van der Waals surface area (Å²) in [5.41, 5.74) is 2.57. The first-order valence-corrected chi connectivity index (χ1v) is 11.4. The molecule has 2 heterocycles. The molecule has 1 aliphatic rings. The molecule has 0 saturated heterocycles. The van der Waals surface area contributed by atoms with Gasteiger partial charge in [0, 0.05) is 30.4 Å². The van der Waals surface area contributed by atoms with E-state index in [0.717, 1.165) is 49.3 Å². The van der Waals surface area contributed by atoms with Gasteiger partial charge in [-0.25, -0.2) is 14.5 Å². The lowest BCUT2D eigenvalue weighted by molar-refractivity contribution is 0.256. The molecule has 0 aliphatic carbocycles. The van der Waals surface area contributed by atoms with Crippen LogP contribution in [0.2, 0.25) is 0 Å². The van der Waals surface area contributed by atoms with Crippen LogP contribution >= 0.6 is 0 Å². The Bertz CT molecular complexity index is 1090. The third-order valence-corrected chi connectivity index (χ3v) is 5.87. The summed E-state index contributed by atoms with van der Waals surface area (Å²) in [5.74, 6) is 2.77. The Morgan fingerprint density at radius 1 is 1.09 bits per heavy atom. The van der Waals surface area contributed by atoms with E-state index in [0.29, 0.717) is 23.0 Å². The molecule has 8 nitrogen and oxygen atoms in total. The van der Waals surface area contributed by atoms with Crippen molar-refractivity contribution in [3.05, 3.63) is 59.7 Å². The molecule has 0 fully saturated rings. The second kappa shape index (κ2) is 10.4. The average molecular weight is 450 g/mol. The van der Waals surface area contributed by atoms with Crippen molar-refractivity contribution in [2.24, 2.45) is 0 Å². The summed E-state index contributed by atoms with van der Waals surface area (Å²) >= 11 is 0. The summed E-state index contributed by atoms with van der Waals surface area (Å²) in [5, 5.41) is 7.72. The number of aryl methyl sites for hydroxylation is 3. The van der Waals surface area contributed by atoms with Crippen LogP contribution in [-0.4, -0.2) is 35.0 Å². The zero-order chi connectivity index (χ0) is 23.2. The molecule has 0 bridgehead atoms. The van der Waals surface area contributed by atoms with E-state index >= 15 is 0 Å². The Morgan fingerprint density at radius 3 is 2.73 bits per heavy atom. The number of nitrogens with zero attached hydrogens (tertiary/aromatic N) is 4. The highest BCUT2D eigenvalue weighted by molar-refractivity contribution is 6.01. The topological polar surface area (TPSA) is 81.5 Å². The third-order valence-electron chi connectivity index (χ3n) is 5.87. The van der Waals surface area contributed by atoms with Crippen molar-refractivity contribution in [3.8, 4) is 11.5 Å². The van der Waals surface area contributed by atoms with Gasteiger partial charge in [0.05, 0.1) is 20.8 Å². The summed E-state index contributed by atoms with van der Waals surface area (Å²) in [4.78, 5) is 19.8. The van der Waals surface area contributed by atoms with Crippen molar-refractivity contribution in [3.63, 3.8) is 0 Å². The standard InChI is InChI=1S/C25H31N5O3/c1-4-18-9-8-10-19(15-18)26-25(31)29(20-12-13-21(32-2)22(16-20)33-3)17-23-27-24-11-6-5-7-14-30(24)28-23/h8-10,12-13,15-16H,4-7,11,14,17H2,1-3H3,(H,26,31). The Hall–Kier alpha value is -3.55. The molecule has 174 valence electrons. The van der Waals surface area contributed by atoms with Gasteiger partial charge >= 0.3 is 6.03 Å². The van der Waals surface area contributed by atoms with Gasteiger partial charge in [-0.3, -0.25) is 4.90 Å². The number of ether oxygens (including phenoxy) is 2. The molecular weight excluding hydrogens is 418 g/mol. The van der Waals surface area contributed by atoms with E-state index in [1.807, 2.05) is 35.0 Å². The first kappa shape index (κ1) is 22.6. The van der Waals surface area contributed by atoms with Gasteiger partial charge in [-0.05, 0) is 49.1 Å². The number of rotatable bonds is 7. The van der Waals surface area contributed by atoms with E-state index in [1.54, 1.807) is 31.3 Å². The fourth-order valence-corrected chi connectivity index (χ4v) is 4.05. The van der Waals surface area contributed by atoms with Crippen LogP contribution in [0.5, 0.6) is 11.5 Å². The highest BCUT2D eigenvalue weighted by Gasteiger charge is 2.22. The minimum absolute atomic E-state index is 0.245. The van der Waals surface area contributed by atoms with Crippen molar-refractivity contribution in [2.45, 2.75) is 52.1 Å². The van der Waals surface area contributed by atoms with Gasteiger partial charge in [0.15, 0.2) is 17.3 Å².